The van der Waals surface area contributed by atoms with Gasteiger partial charge in [-0.3, -0.25) is 9.98 Å². The number of pyridine rings is 1. The SMILES string of the molecule is C=CCCN(CC)c1ccc(/C(=C/C=NC)N=C(C)C)cn1. The van der Waals surface area contributed by atoms with E-state index in [0.717, 1.165) is 42.3 Å². The summed E-state index contributed by atoms with van der Waals surface area (Å²) in [6, 6.07) is 4.10. The first-order valence-electron chi connectivity index (χ1n) is 7.59. The third-order valence-electron chi connectivity index (χ3n) is 3.08. The zero-order chi connectivity index (χ0) is 16.4. The number of hydrogen-bond donors (Lipinski definition) is 0. The van der Waals surface area contributed by atoms with E-state index in [0.29, 0.717) is 0 Å². The summed E-state index contributed by atoms with van der Waals surface area (Å²) in [5.41, 5.74) is 2.87. The predicted molar refractivity (Wildman–Crippen MR) is 98.1 cm³/mol. The van der Waals surface area contributed by atoms with Crippen molar-refractivity contribution >= 4 is 23.4 Å². The maximum Gasteiger partial charge on any atom is 0.128 e. The number of hydrogen-bond acceptors (Lipinski definition) is 4. The Hall–Kier alpha value is -2.23. The van der Waals surface area contributed by atoms with Crippen LogP contribution in [0.2, 0.25) is 0 Å². The maximum absolute atomic E-state index is 4.58. The zero-order valence-electron chi connectivity index (χ0n) is 14.1. The summed E-state index contributed by atoms with van der Waals surface area (Å²) >= 11 is 0. The van der Waals surface area contributed by atoms with Crippen LogP contribution in [0.5, 0.6) is 0 Å². The molecule has 1 aromatic heterocycles. The fraction of sp³-hybridized carbons (Fsp3) is 0.389. The minimum atomic E-state index is 0.874. The van der Waals surface area contributed by atoms with Crippen molar-refractivity contribution in [3.63, 3.8) is 0 Å². The van der Waals surface area contributed by atoms with Crippen molar-refractivity contribution in [1.82, 2.24) is 4.98 Å². The molecule has 0 saturated carbocycles. The first-order chi connectivity index (χ1) is 10.6. The molecular formula is C18H26N4. The van der Waals surface area contributed by atoms with Crippen LogP contribution in [-0.4, -0.2) is 37.0 Å². The molecule has 0 aliphatic heterocycles. The van der Waals surface area contributed by atoms with Gasteiger partial charge >= 0.3 is 0 Å². The van der Waals surface area contributed by atoms with Crippen LogP contribution >= 0.6 is 0 Å². The lowest BCUT2D eigenvalue weighted by molar-refractivity contribution is 0.807. The second-order valence-corrected chi connectivity index (χ2v) is 5.08. The van der Waals surface area contributed by atoms with Gasteiger partial charge in [0.1, 0.15) is 5.82 Å². The summed E-state index contributed by atoms with van der Waals surface area (Å²) in [5.74, 6) is 0.980. The molecule has 4 heteroatoms. The molecule has 1 aromatic rings. The number of allylic oxidation sites excluding steroid dienone is 1. The minimum absolute atomic E-state index is 0.874. The van der Waals surface area contributed by atoms with E-state index in [9.17, 15) is 0 Å². The molecule has 0 aliphatic rings. The number of aromatic nitrogens is 1. The third-order valence-corrected chi connectivity index (χ3v) is 3.08. The molecule has 1 heterocycles. The highest BCUT2D eigenvalue weighted by Gasteiger charge is 2.06. The molecule has 118 valence electrons. The lowest BCUT2D eigenvalue weighted by Gasteiger charge is -2.21. The normalized spacial score (nSPS) is 11.5. The molecular weight excluding hydrogens is 272 g/mol. The highest BCUT2D eigenvalue weighted by molar-refractivity contribution is 5.91. The fourth-order valence-corrected chi connectivity index (χ4v) is 1.99. The quantitative estimate of drug-likeness (QED) is 0.537. The third kappa shape index (κ3) is 5.64. The second-order valence-electron chi connectivity index (χ2n) is 5.08. The molecule has 0 fully saturated rings. The molecule has 0 amide bonds. The van der Waals surface area contributed by atoms with Gasteiger partial charge in [0.25, 0.3) is 0 Å². The zero-order valence-corrected chi connectivity index (χ0v) is 14.1. The summed E-state index contributed by atoms with van der Waals surface area (Å²) in [4.78, 5) is 15.3. The van der Waals surface area contributed by atoms with E-state index in [1.165, 1.54) is 0 Å². The van der Waals surface area contributed by atoms with Crippen LogP contribution in [-0.2, 0) is 0 Å². The van der Waals surface area contributed by atoms with E-state index in [-0.39, 0.29) is 0 Å². The van der Waals surface area contributed by atoms with Crippen molar-refractivity contribution < 1.29 is 0 Å². The summed E-state index contributed by atoms with van der Waals surface area (Å²) in [6.07, 6.45) is 8.40. The van der Waals surface area contributed by atoms with Gasteiger partial charge in [-0.2, -0.15) is 0 Å². The monoisotopic (exact) mass is 298 g/mol. The largest absolute Gasteiger partial charge is 0.357 e. The molecule has 0 atom stereocenters. The Morgan fingerprint density at radius 2 is 2.14 bits per heavy atom. The van der Waals surface area contributed by atoms with Gasteiger partial charge < -0.3 is 4.90 Å². The molecule has 1 rings (SSSR count). The van der Waals surface area contributed by atoms with E-state index in [1.54, 1.807) is 13.3 Å². The van der Waals surface area contributed by atoms with Gasteiger partial charge in [0.15, 0.2) is 0 Å². The van der Waals surface area contributed by atoms with Crippen LogP contribution in [0.15, 0.2) is 47.0 Å². The average Bonchev–Trinajstić information content (AvgIpc) is 2.52. The van der Waals surface area contributed by atoms with Crippen molar-refractivity contribution in [3.8, 4) is 0 Å². The van der Waals surface area contributed by atoms with E-state index >= 15 is 0 Å². The van der Waals surface area contributed by atoms with Crippen LogP contribution < -0.4 is 4.90 Å². The molecule has 0 saturated heterocycles. The summed E-state index contributed by atoms with van der Waals surface area (Å²) in [7, 11) is 1.75. The van der Waals surface area contributed by atoms with Crippen molar-refractivity contribution in [2.45, 2.75) is 27.2 Å². The van der Waals surface area contributed by atoms with E-state index in [1.807, 2.05) is 38.3 Å². The smallest absolute Gasteiger partial charge is 0.128 e. The van der Waals surface area contributed by atoms with Gasteiger partial charge in [0, 0.05) is 43.8 Å². The second kappa shape index (κ2) is 9.66. The van der Waals surface area contributed by atoms with Crippen LogP contribution in [0, 0.1) is 0 Å². The fourth-order valence-electron chi connectivity index (χ4n) is 1.99. The predicted octanol–water partition coefficient (Wildman–Crippen LogP) is 4.01. The lowest BCUT2D eigenvalue weighted by atomic mass is 10.2. The van der Waals surface area contributed by atoms with Gasteiger partial charge in [-0.15, -0.1) is 6.58 Å². The van der Waals surface area contributed by atoms with Crippen molar-refractivity contribution in [1.29, 1.82) is 0 Å². The number of anilines is 1. The maximum atomic E-state index is 4.58. The van der Waals surface area contributed by atoms with Crippen molar-refractivity contribution in [2.75, 3.05) is 25.0 Å². The van der Waals surface area contributed by atoms with E-state index < -0.39 is 0 Å². The van der Waals surface area contributed by atoms with Crippen LogP contribution in [0.25, 0.3) is 5.70 Å². The van der Waals surface area contributed by atoms with Gasteiger partial charge in [0.05, 0.1) is 5.70 Å². The Balaban J connectivity index is 3.02. The number of aliphatic imine (C=N–C) groups is 2. The Labute approximate surface area is 134 Å². The molecule has 22 heavy (non-hydrogen) atoms. The van der Waals surface area contributed by atoms with Crippen molar-refractivity contribution in [2.24, 2.45) is 9.98 Å². The number of nitrogens with zero attached hydrogens (tertiary/aromatic N) is 4. The Kier molecular flexibility index (Phi) is 7.83. The minimum Gasteiger partial charge on any atom is -0.357 e. The van der Waals surface area contributed by atoms with E-state index in [4.69, 9.17) is 0 Å². The topological polar surface area (TPSA) is 40.9 Å². The first-order valence-corrected chi connectivity index (χ1v) is 7.59. The average molecular weight is 298 g/mol. The van der Waals surface area contributed by atoms with Crippen LogP contribution in [0.4, 0.5) is 5.82 Å². The first kappa shape index (κ1) is 17.8. The molecule has 0 aliphatic carbocycles. The van der Waals surface area contributed by atoms with Crippen molar-refractivity contribution in [3.05, 3.63) is 42.6 Å². The van der Waals surface area contributed by atoms with E-state index in [2.05, 4.69) is 39.4 Å². The lowest BCUT2D eigenvalue weighted by Crippen LogP contribution is -2.24. The molecule has 0 aromatic carbocycles. The summed E-state index contributed by atoms with van der Waals surface area (Å²) in [6.45, 7) is 11.7. The standard InChI is InChI=1S/C18H26N4/c1-6-8-13-22(7-2)18-10-9-16(14-20-18)17(11-12-19-5)21-15(3)4/h6,9-12,14H,1,7-8,13H2,2-5H3/b17-11-,19-12?. The Morgan fingerprint density at radius 3 is 2.64 bits per heavy atom. The van der Waals surface area contributed by atoms with Gasteiger partial charge in [-0.25, -0.2) is 4.98 Å². The molecule has 4 nitrogen and oxygen atoms in total. The molecule has 0 N–H and O–H groups in total. The van der Waals surface area contributed by atoms with Gasteiger partial charge in [-0.05, 0) is 45.4 Å². The van der Waals surface area contributed by atoms with Crippen LogP contribution in [0.3, 0.4) is 0 Å². The highest BCUT2D eigenvalue weighted by atomic mass is 15.2. The van der Waals surface area contributed by atoms with Crippen LogP contribution in [0.1, 0.15) is 32.8 Å². The Morgan fingerprint density at radius 1 is 1.36 bits per heavy atom. The number of rotatable bonds is 8. The Bertz CT molecular complexity index is 549. The molecule has 0 radical (unpaired) electrons. The molecule has 0 unspecified atom stereocenters. The molecule has 0 bridgehead atoms. The molecule has 0 spiro atoms. The highest BCUT2D eigenvalue weighted by Crippen LogP contribution is 2.18. The van der Waals surface area contributed by atoms with Gasteiger partial charge in [-0.1, -0.05) is 6.08 Å². The summed E-state index contributed by atoms with van der Waals surface area (Å²) < 4.78 is 0. The summed E-state index contributed by atoms with van der Waals surface area (Å²) in [5, 5.41) is 0. The van der Waals surface area contributed by atoms with Gasteiger partial charge in [0.2, 0.25) is 0 Å².